The molecule has 0 bridgehead atoms. The molecule has 0 aliphatic heterocycles. The fourth-order valence-electron chi connectivity index (χ4n) is 4.70. The van der Waals surface area contributed by atoms with Crippen LogP contribution in [0.5, 0.6) is 5.75 Å². The summed E-state index contributed by atoms with van der Waals surface area (Å²) in [5, 5.41) is 11.1. The van der Waals surface area contributed by atoms with Crippen molar-refractivity contribution in [1.29, 1.82) is 0 Å². The lowest BCUT2D eigenvalue weighted by atomic mass is 9.76. The number of phenols is 1. The van der Waals surface area contributed by atoms with E-state index in [1.165, 1.54) is 27.8 Å². The summed E-state index contributed by atoms with van der Waals surface area (Å²) in [7, 11) is 0. The minimum atomic E-state index is 0.0882. The van der Waals surface area contributed by atoms with Gasteiger partial charge < -0.3 is 5.11 Å². The molecule has 3 atom stereocenters. The van der Waals surface area contributed by atoms with E-state index >= 15 is 0 Å². The molecule has 0 saturated carbocycles. The van der Waals surface area contributed by atoms with Gasteiger partial charge in [-0.05, 0) is 33.9 Å². The molecule has 31 heavy (non-hydrogen) atoms. The minimum Gasteiger partial charge on any atom is -0.508 e. The molecule has 0 fully saturated rings. The quantitative estimate of drug-likeness (QED) is 0.346. The molecule has 4 aromatic rings. The Balaban J connectivity index is 1.93. The molecule has 1 N–H and O–H groups in total. The van der Waals surface area contributed by atoms with Gasteiger partial charge in [0.05, 0.1) is 0 Å². The Morgan fingerprint density at radius 1 is 0.452 bits per heavy atom. The van der Waals surface area contributed by atoms with Gasteiger partial charge in [0.2, 0.25) is 0 Å². The third-order valence-corrected chi connectivity index (χ3v) is 6.53. The van der Waals surface area contributed by atoms with Crippen LogP contribution in [-0.2, 0) is 0 Å². The van der Waals surface area contributed by atoms with E-state index < -0.39 is 0 Å². The molecule has 1 nitrogen and oxygen atoms in total. The van der Waals surface area contributed by atoms with E-state index in [9.17, 15) is 5.11 Å². The third-order valence-electron chi connectivity index (χ3n) is 6.53. The molecule has 0 amide bonds. The van der Waals surface area contributed by atoms with Crippen LogP contribution in [0.1, 0.15) is 71.9 Å². The van der Waals surface area contributed by atoms with Gasteiger partial charge in [0.15, 0.2) is 0 Å². The Hall–Kier alpha value is -3.32. The Kier molecular flexibility index (Phi) is 6.23. The van der Waals surface area contributed by atoms with Crippen molar-refractivity contribution in [3.8, 4) is 5.75 Å². The van der Waals surface area contributed by atoms with E-state index in [4.69, 9.17) is 0 Å². The third kappa shape index (κ3) is 4.27. The number of hydrogen-bond acceptors (Lipinski definition) is 1. The maximum Gasteiger partial charge on any atom is 0.119 e. The predicted octanol–water partition coefficient (Wildman–Crippen LogP) is 7.85. The Morgan fingerprint density at radius 3 is 1.29 bits per heavy atom. The second kappa shape index (κ2) is 9.22. The van der Waals surface area contributed by atoms with Gasteiger partial charge in [0.1, 0.15) is 5.75 Å². The molecule has 0 unspecified atom stereocenters. The van der Waals surface area contributed by atoms with Crippen LogP contribution in [0.15, 0.2) is 103 Å². The van der Waals surface area contributed by atoms with Crippen LogP contribution in [0.25, 0.3) is 0 Å². The second-order valence-electron chi connectivity index (χ2n) is 8.40. The highest BCUT2D eigenvalue weighted by Gasteiger charge is 2.26. The van der Waals surface area contributed by atoms with Crippen LogP contribution in [0.4, 0.5) is 0 Å². The minimum absolute atomic E-state index is 0.0882. The first kappa shape index (κ1) is 20.9. The largest absolute Gasteiger partial charge is 0.508 e. The molecule has 1 heteroatoms. The molecule has 156 valence electrons. The molecule has 0 aromatic heterocycles. The zero-order valence-electron chi connectivity index (χ0n) is 18.5. The molecule has 0 radical (unpaired) electrons. The van der Waals surface area contributed by atoms with E-state index in [1.807, 2.05) is 12.1 Å². The van der Waals surface area contributed by atoms with Crippen LogP contribution >= 0.6 is 0 Å². The lowest BCUT2D eigenvalue weighted by Crippen LogP contribution is -2.12. The summed E-state index contributed by atoms with van der Waals surface area (Å²) in [5.41, 5.74) is 7.30. The van der Waals surface area contributed by atoms with Gasteiger partial charge in [-0.3, -0.25) is 0 Å². The van der Waals surface area contributed by atoms with Gasteiger partial charge in [-0.1, -0.05) is 118 Å². The normalized spacial score (nSPS) is 14.0. The van der Waals surface area contributed by atoms with Crippen molar-refractivity contribution in [2.75, 3.05) is 0 Å². The van der Waals surface area contributed by atoms with Crippen LogP contribution in [0, 0.1) is 0 Å². The van der Waals surface area contributed by atoms with E-state index in [0.29, 0.717) is 5.75 Å². The van der Waals surface area contributed by atoms with Crippen LogP contribution in [0.3, 0.4) is 0 Å². The number of benzene rings is 4. The van der Waals surface area contributed by atoms with Crippen molar-refractivity contribution in [2.45, 2.75) is 38.5 Å². The predicted molar refractivity (Wildman–Crippen MR) is 130 cm³/mol. The molecule has 4 rings (SSSR count). The maximum atomic E-state index is 11.1. The lowest BCUT2D eigenvalue weighted by molar-refractivity contribution is 0.463. The molecule has 0 aliphatic rings. The highest BCUT2D eigenvalue weighted by molar-refractivity contribution is 5.55. The van der Waals surface area contributed by atoms with Gasteiger partial charge in [0.25, 0.3) is 0 Å². The number of phenolic OH excluding ortho intramolecular Hbond substituents is 1. The van der Waals surface area contributed by atoms with E-state index in [1.54, 1.807) is 0 Å². The van der Waals surface area contributed by atoms with Gasteiger partial charge in [-0.15, -0.1) is 0 Å². The molecule has 0 heterocycles. The molecular weight excluding hydrogens is 376 g/mol. The van der Waals surface area contributed by atoms with Crippen molar-refractivity contribution < 1.29 is 5.11 Å². The van der Waals surface area contributed by atoms with Gasteiger partial charge in [0, 0.05) is 23.3 Å². The van der Waals surface area contributed by atoms with Crippen molar-refractivity contribution in [3.05, 3.63) is 137 Å². The first-order valence-electron chi connectivity index (χ1n) is 11.1. The summed E-state index contributed by atoms with van der Waals surface area (Å²) in [5.74, 6) is 0.851. The smallest absolute Gasteiger partial charge is 0.119 e. The van der Waals surface area contributed by atoms with E-state index in [0.717, 1.165) is 5.56 Å². The molecule has 4 aromatic carbocycles. The molecule has 0 aliphatic carbocycles. The van der Waals surface area contributed by atoms with Gasteiger partial charge in [-0.2, -0.15) is 0 Å². The average Bonchev–Trinajstić information content (AvgIpc) is 2.84. The average molecular weight is 407 g/mol. The Bertz CT molecular complexity index is 1120. The summed E-state index contributed by atoms with van der Waals surface area (Å²) >= 11 is 0. The van der Waals surface area contributed by atoms with Crippen LogP contribution in [0.2, 0.25) is 0 Å². The molecular formula is C30H30O. The highest BCUT2D eigenvalue weighted by atomic mass is 16.3. The van der Waals surface area contributed by atoms with Crippen LogP contribution in [-0.4, -0.2) is 5.11 Å². The SMILES string of the molecule is C[C@H](c1ccccc1)c1ccc(O)c([C@H](C)c2ccccc2)c1[C@H](C)c1ccccc1. The van der Waals surface area contributed by atoms with Crippen molar-refractivity contribution in [2.24, 2.45) is 0 Å². The number of rotatable bonds is 6. The summed E-state index contributed by atoms with van der Waals surface area (Å²) < 4.78 is 0. The van der Waals surface area contributed by atoms with Crippen molar-refractivity contribution in [3.63, 3.8) is 0 Å². The van der Waals surface area contributed by atoms with Crippen LogP contribution < -0.4 is 0 Å². The van der Waals surface area contributed by atoms with Crippen molar-refractivity contribution in [1.82, 2.24) is 0 Å². The standard InChI is InChI=1S/C30H30O/c1-21(24-13-7-4-8-14-24)27-19-20-28(31)30(23(3)26-17-11-6-12-18-26)29(27)22(2)25-15-9-5-10-16-25/h4-23,31H,1-3H3/t21-,22-,23-/m1/s1. The first-order valence-corrected chi connectivity index (χ1v) is 11.1. The fraction of sp³-hybridized carbons (Fsp3) is 0.200. The van der Waals surface area contributed by atoms with Crippen molar-refractivity contribution >= 4 is 0 Å². The maximum absolute atomic E-state index is 11.1. The summed E-state index contributed by atoms with van der Waals surface area (Å²) in [6.45, 7) is 6.72. The lowest BCUT2D eigenvalue weighted by Gasteiger charge is -2.28. The van der Waals surface area contributed by atoms with Gasteiger partial charge >= 0.3 is 0 Å². The second-order valence-corrected chi connectivity index (χ2v) is 8.40. The summed E-state index contributed by atoms with van der Waals surface area (Å²) in [4.78, 5) is 0. The number of aromatic hydroxyl groups is 1. The summed E-state index contributed by atoms with van der Waals surface area (Å²) in [6.07, 6.45) is 0. The summed E-state index contributed by atoms with van der Waals surface area (Å²) in [6, 6.07) is 35.7. The zero-order chi connectivity index (χ0) is 21.8. The molecule has 0 spiro atoms. The first-order chi connectivity index (χ1) is 15.1. The zero-order valence-corrected chi connectivity index (χ0v) is 18.5. The Morgan fingerprint density at radius 2 is 0.839 bits per heavy atom. The number of hydrogen-bond donors (Lipinski definition) is 1. The van der Waals surface area contributed by atoms with E-state index in [-0.39, 0.29) is 17.8 Å². The Labute approximate surface area is 186 Å². The van der Waals surface area contributed by atoms with E-state index in [2.05, 4.69) is 112 Å². The topological polar surface area (TPSA) is 20.2 Å². The van der Waals surface area contributed by atoms with Gasteiger partial charge in [-0.25, -0.2) is 0 Å². The molecule has 0 saturated heterocycles. The monoisotopic (exact) mass is 406 g/mol. The highest BCUT2D eigenvalue weighted by Crippen LogP contribution is 2.44. The fourth-order valence-corrected chi connectivity index (χ4v) is 4.70.